The molecule has 0 aromatic rings. The molecule has 0 aliphatic heterocycles. The molecule has 0 radical (unpaired) electrons. The van der Waals surface area contributed by atoms with E-state index >= 15 is 0 Å². The second-order valence-corrected chi connectivity index (χ2v) is 5.13. The minimum absolute atomic E-state index is 0.361. The van der Waals surface area contributed by atoms with Crippen LogP contribution in [-0.2, 0) is 0 Å². The number of thioether (sulfide) groups is 1. The third-order valence-corrected chi connectivity index (χ3v) is 3.48. The first kappa shape index (κ1) is 12.8. The molecule has 0 saturated carbocycles. The molecule has 76 valence electrons. The van der Waals surface area contributed by atoms with Gasteiger partial charge in [0.15, 0.2) is 0 Å². The van der Waals surface area contributed by atoms with Gasteiger partial charge in [-0.1, -0.05) is 13.8 Å². The maximum Gasteiger partial charge on any atom is 0.104 e. The fourth-order valence-corrected chi connectivity index (χ4v) is 2.25. The molecule has 0 spiro atoms. The average molecular weight is 200 g/mol. The highest BCUT2D eigenvalue weighted by Gasteiger charge is 2.23. The molecule has 3 heteroatoms. The van der Waals surface area contributed by atoms with Crippen LogP contribution in [0, 0.1) is 11.3 Å². The van der Waals surface area contributed by atoms with Gasteiger partial charge in [-0.15, -0.1) is 0 Å². The van der Waals surface area contributed by atoms with Crippen molar-refractivity contribution < 1.29 is 0 Å². The molecule has 0 amide bonds. The maximum absolute atomic E-state index is 8.94. The van der Waals surface area contributed by atoms with Crippen molar-refractivity contribution in [3.8, 4) is 6.07 Å². The van der Waals surface area contributed by atoms with Gasteiger partial charge in [0.2, 0.25) is 0 Å². The summed E-state index contributed by atoms with van der Waals surface area (Å²) in [5.74, 6) is 1.19. The van der Waals surface area contributed by atoms with Crippen LogP contribution in [0.2, 0.25) is 0 Å². The zero-order valence-corrected chi connectivity index (χ0v) is 9.87. The van der Waals surface area contributed by atoms with E-state index < -0.39 is 0 Å². The summed E-state index contributed by atoms with van der Waals surface area (Å²) in [7, 11) is 1.85. The number of hydrogen-bond acceptors (Lipinski definition) is 3. The number of rotatable bonds is 6. The Morgan fingerprint density at radius 2 is 2.23 bits per heavy atom. The lowest BCUT2D eigenvalue weighted by Crippen LogP contribution is -2.40. The van der Waals surface area contributed by atoms with Gasteiger partial charge in [0, 0.05) is 5.25 Å². The topological polar surface area (TPSA) is 35.8 Å². The Labute approximate surface area is 86.1 Å². The van der Waals surface area contributed by atoms with Crippen LogP contribution >= 0.6 is 11.8 Å². The third-order valence-electron chi connectivity index (χ3n) is 2.10. The molecule has 0 aromatic carbocycles. The van der Waals surface area contributed by atoms with Crippen LogP contribution in [0.4, 0.5) is 0 Å². The summed E-state index contributed by atoms with van der Waals surface area (Å²) >= 11 is 1.94. The Hall–Kier alpha value is -0.200. The highest BCUT2D eigenvalue weighted by molar-refractivity contribution is 7.99. The van der Waals surface area contributed by atoms with Gasteiger partial charge in [-0.3, -0.25) is 0 Å². The van der Waals surface area contributed by atoms with E-state index in [0.29, 0.717) is 5.25 Å². The summed E-state index contributed by atoms with van der Waals surface area (Å²) in [6.07, 6.45) is 2.11. The lowest BCUT2D eigenvalue weighted by Gasteiger charge is -2.24. The molecular formula is C10H20N2S. The molecule has 0 aromatic heterocycles. The van der Waals surface area contributed by atoms with Gasteiger partial charge in [-0.05, 0) is 32.6 Å². The van der Waals surface area contributed by atoms with Crippen molar-refractivity contribution in [3.63, 3.8) is 0 Å². The van der Waals surface area contributed by atoms with Gasteiger partial charge in [0.05, 0.1) is 6.07 Å². The van der Waals surface area contributed by atoms with E-state index in [4.69, 9.17) is 5.26 Å². The maximum atomic E-state index is 8.94. The molecule has 2 atom stereocenters. The van der Waals surface area contributed by atoms with Gasteiger partial charge in [0.1, 0.15) is 5.54 Å². The van der Waals surface area contributed by atoms with Crippen LogP contribution in [0.1, 0.15) is 33.6 Å². The molecule has 0 bridgehead atoms. The minimum atomic E-state index is -0.361. The van der Waals surface area contributed by atoms with Gasteiger partial charge < -0.3 is 5.32 Å². The number of hydrogen-bond donors (Lipinski definition) is 1. The fraction of sp³-hybridized carbons (Fsp3) is 0.900. The zero-order valence-electron chi connectivity index (χ0n) is 9.05. The molecule has 0 aliphatic rings. The smallest absolute Gasteiger partial charge is 0.104 e. The van der Waals surface area contributed by atoms with Crippen LogP contribution < -0.4 is 5.32 Å². The Morgan fingerprint density at radius 3 is 2.62 bits per heavy atom. The summed E-state index contributed by atoms with van der Waals surface area (Å²) in [5, 5.41) is 12.6. The largest absolute Gasteiger partial charge is 0.303 e. The van der Waals surface area contributed by atoms with Crippen molar-refractivity contribution in [3.05, 3.63) is 0 Å². The molecule has 0 fully saturated rings. The van der Waals surface area contributed by atoms with Crippen molar-refractivity contribution in [2.45, 2.75) is 44.4 Å². The predicted octanol–water partition coefficient (Wildman–Crippen LogP) is 2.41. The fourth-order valence-electron chi connectivity index (χ4n) is 1.16. The highest BCUT2D eigenvalue weighted by Crippen LogP contribution is 2.21. The van der Waals surface area contributed by atoms with Crippen molar-refractivity contribution in [2.24, 2.45) is 0 Å². The second kappa shape index (κ2) is 6.28. The third kappa shape index (κ3) is 5.17. The Morgan fingerprint density at radius 1 is 1.62 bits per heavy atom. The number of nitrogens with one attached hydrogen (secondary N) is 1. The molecular weight excluding hydrogens is 180 g/mol. The molecule has 1 N–H and O–H groups in total. The van der Waals surface area contributed by atoms with E-state index in [0.717, 1.165) is 6.42 Å². The summed E-state index contributed by atoms with van der Waals surface area (Å²) < 4.78 is 0. The van der Waals surface area contributed by atoms with Gasteiger partial charge in [-0.25, -0.2) is 0 Å². The molecule has 2 nitrogen and oxygen atoms in total. The number of nitrogens with zero attached hydrogens (tertiary/aromatic N) is 1. The monoisotopic (exact) mass is 200 g/mol. The van der Waals surface area contributed by atoms with Crippen LogP contribution in [0.15, 0.2) is 0 Å². The zero-order chi connectivity index (χ0) is 10.3. The number of nitriles is 1. The summed E-state index contributed by atoms with van der Waals surface area (Å²) in [6.45, 7) is 6.32. The molecule has 2 unspecified atom stereocenters. The standard InChI is InChI=1S/C10H20N2S/c1-5-6-13-9(2)7-10(3,8-11)12-4/h9,12H,5-7H2,1-4H3. The molecule has 0 rings (SSSR count). The van der Waals surface area contributed by atoms with Crippen LogP contribution in [0.3, 0.4) is 0 Å². The average Bonchev–Trinajstić information content (AvgIpc) is 2.14. The summed E-state index contributed by atoms with van der Waals surface area (Å²) in [4.78, 5) is 0. The first-order chi connectivity index (χ1) is 6.08. The van der Waals surface area contributed by atoms with E-state index in [1.165, 1.54) is 12.2 Å². The van der Waals surface area contributed by atoms with Crippen molar-refractivity contribution in [2.75, 3.05) is 12.8 Å². The van der Waals surface area contributed by atoms with Gasteiger partial charge in [0.25, 0.3) is 0 Å². The molecule has 0 saturated heterocycles. The van der Waals surface area contributed by atoms with Crippen LogP contribution in [0.5, 0.6) is 0 Å². The lowest BCUT2D eigenvalue weighted by atomic mass is 9.98. The minimum Gasteiger partial charge on any atom is -0.303 e. The van der Waals surface area contributed by atoms with E-state index in [1.54, 1.807) is 0 Å². The summed E-state index contributed by atoms with van der Waals surface area (Å²) in [5.41, 5.74) is -0.361. The summed E-state index contributed by atoms with van der Waals surface area (Å²) in [6, 6.07) is 2.31. The van der Waals surface area contributed by atoms with Crippen molar-refractivity contribution >= 4 is 11.8 Å². The van der Waals surface area contributed by atoms with E-state index in [1.807, 2.05) is 25.7 Å². The van der Waals surface area contributed by atoms with Crippen LogP contribution in [0.25, 0.3) is 0 Å². The Kier molecular flexibility index (Phi) is 6.19. The van der Waals surface area contributed by atoms with E-state index in [9.17, 15) is 0 Å². The van der Waals surface area contributed by atoms with Crippen molar-refractivity contribution in [1.82, 2.24) is 5.32 Å². The molecule has 0 aliphatic carbocycles. The molecule has 13 heavy (non-hydrogen) atoms. The van der Waals surface area contributed by atoms with Crippen molar-refractivity contribution in [1.29, 1.82) is 5.26 Å². The molecule has 0 heterocycles. The normalized spacial score (nSPS) is 17.5. The predicted molar refractivity (Wildman–Crippen MR) is 59.9 cm³/mol. The van der Waals surface area contributed by atoms with Crippen LogP contribution in [-0.4, -0.2) is 23.6 Å². The highest BCUT2D eigenvalue weighted by atomic mass is 32.2. The first-order valence-corrected chi connectivity index (χ1v) is 5.84. The van der Waals surface area contributed by atoms with Gasteiger partial charge >= 0.3 is 0 Å². The Bertz CT molecular complexity index is 176. The van der Waals surface area contributed by atoms with E-state index in [2.05, 4.69) is 25.2 Å². The van der Waals surface area contributed by atoms with E-state index in [-0.39, 0.29) is 5.54 Å². The van der Waals surface area contributed by atoms with Gasteiger partial charge in [-0.2, -0.15) is 17.0 Å². The SMILES string of the molecule is CCCSC(C)CC(C)(C#N)NC. The quantitative estimate of drug-likeness (QED) is 0.715. The first-order valence-electron chi connectivity index (χ1n) is 4.79. The Balaban J connectivity index is 3.89. The second-order valence-electron chi connectivity index (χ2n) is 3.58. The lowest BCUT2D eigenvalue weighted by molar-refractivity contribution is 0.455.